The topological polar surface area (TPSA) is 23.5 Å². The zero-order valence-electron chi connectivity index (χ0n) is 11.1. The van der Waals surface area contributed by atoms with Gasteiger partial charge in [-0.25, -0.2) is 4.39 Å². The Morgan fingerprint density at radius 1 is 1.21 bits per heavy atom. The van der Waals surface area contributed by atoms with Crippen LogP contribution in [0.3, 0.4) is 0 Å². The number of nitrogens with zero attached hydrogens (tertiary/aromatic N) is 1. The van der Waals surface area contributed by atoms with Crippen LogP contribution >= 0.6 is 15.9 Å². The van der Waals surface area contributed by atoms with E-state index in [-0.39, 0.29) is 5.82 Å². The fourth-order valence-electron chi connectivity index (χ4n) is 2.59. The highest BCUT2D eigenvalue weighted by molar-refractivity contribution is 9.10. The first-order valence-corrected chi connectivity index (χ1v) is 7.81. The molecule has 0 aliphatic carbocycles. The van der Waals surface area contributed by atoms with Crippen LogP contribution in [-0.2, 0) is 0 Å². The van der Waals surface area contributed by atoms with Crippen LogP contribution in [-0.4, -0.2) is 29.6 Å². The number of halogens is 2. The Morgan fingerprint density at radius 3 is 2.58 bits per heavy atom. The van der Waals surface area contributed by atoms with Crippen molar-refractivity contribution >= 4 is 15.9 Å². The Labute approximate surface area is 122 Å². The number of benzene rings is 1. The van der Waals surface area contributed by atoms with Gasteiger partial charge in [0, 0.05) is 16.6 Å². The second-order valence-electron chi connectivity index (χ2n) is 5.23. The fourth-order valence-corrected chi connectivity index (χ4v) is 2.97. The molecule has 1 aliphatic rings. The predicted molar refractivity (Wildman–Crippen MR) is 78.6 cm³/mol. The van der Waals surface area contributed by atoms with Gasteiger partial charge < -0.3 is 10.0 Å². The maximum atomic E-state index is 13.7. The van der Waals surface area contributed by atoms with Crippen LogP contribution in [0.1, 0.15) is 43.8 Å². The van der Waals surface area contributed by atoms with Crippen molar-refractivity contribution in [1.82, 2.24) is 4.90 Å². The minimum Gasteiger partial charge on any atom is -0.388 e. The molecule has 0 aromatic heterocycles. The SMILES string of the molecule is OC(CCN1CCCCCC1)c1cc(Br)ccc1F. The van der Waals surface area contributed by atoms with E-state index in [1.165, 1.54) is 31.7 Å². The van der Waals surface area contributed by atoms with Crippen molar-refractivity contribution < 1.29 is 9.50 Å². The van der Waals surface area contributed by atoms with E-state index in [0.29, 0.717) is 12.0 Å². The molecule has 1 aliphatic heterocycles. The van der Waals surface area contributed by atoms with Crippen molar-refractivity contribution in [2.75, 3.05) is 19.6 Å². The summed E-state index contributed by atoms with van der Waals surface area (Å²) in [5.74, 6) is -0.327. The lowest BCUT2D eigenvalue weighted by atomic mass is 10.1. The van der Waals surface area contributed by atoms with Crippen LogP contribution in [0.5, 0.6) is 0 Å². The van der Waals surface area contributed by atoms with Crippen LogP contribution in [0.15, 0.2) is 22.7 Å². The summed E-state index contributed by atoms with van der Waals surface area (Å²) < 4.78 is 14.5. The third-order valence-electron chi connectivity index (χ3n) is 3.73. The van der Waals surface area contributed by atoms with E-state index in [4.69, 9.17) is 0 Å². The van der Waals surface area contributed by atoms with Gasteiger partial charge in [0.15, 0.2) is 0 Å². The number of aliphatic hydroxyl groups excluding tert-OH is 1. The van der Waals surface area contributed by atoms with E-state index in [0.717, 1.165) is 24.1 Å². The summed E-state index contributed by atoms with van der Waals surface area (Å²) in [6.45, 7) is 3.05. The molecule has 1 fully saturated rings. The zero-order valence-corrected chi connectivity index (χ0v) is 12.7. The molecule has 0 bridgehead atoms. The van der Waals surface area contributed by atoms with Gasteiger partial charge in [0.2, 0.25) is 0 Å². The number of aliphatic hydroxyl groups is 1. The number of hydrogen-bond donors (Lipinski definition) is 1. The van der Waals surface area contributed by atoms with Crippen LogP contribution in [0.25, 0.3) is 0 Å². The van der Waals surface area contributed by atoms with Gasteiger partial charge in [-0.15, -0.1) is 0 Å². The Kier molecular flexibility index (Phi) is 5.79. The van der Waals surface area contributed by atoms with E-state index in [1.54, 1.807) is 12.1 Å². The van der Waals surface area contributed by atoms with Crippen molar-refractivity contribution in [3.8, 4) is 0 Å². The predicted octanol–water partition coefficient (Wildman–Crippen LogP) is 3.89. The zero-order chi connectivity index (χ0) is 13.7. The van der Waals surface area contributed by atoms with Gasteiger partial charge in [-0.05, 0) is 50.6 Å². The second-order valence-corrected chi connectivity index (χ2v) is 6.14. The van der Waals surface area contributed by atoms with Crippen LogP contribution < -0.4 is 0 Å². The molecule has 4 heteroatoms. The van der Waals surface area contributed by atoms with E-state index < -0.39 is 6.10 Å². The van der Waals surface area contributed by atoms with E-state index in [2.05, 4.69) is 20.8 Å². The molecule has 2 rings (SSSR count). The molecule has 1 aromatic carbocycles. The Morgan fingerprint density at radius 2 is 1.89 bits per heavy atom. The van der Waals surface area contributed by atoms with Crippen molar-refractivity contribution in [2.45, 2.75) is 38.2 Å². The standard InChI is InChI=1S/C15H21BrFNO/c16-12-5-6-14(17)13(11-12)15(19)7-10-18-8-3-1-2-4-9-18/h5-6,11,15,19H,1-4,7-10H2. The summed E-state index contributed by atoms with van der Waals surface area (Å²) >= 11 is 3.31. The molecule has 0 amide bonds. The van der Waals surface area contributed by atoms with Crippen molar-refractivity contribution in [2.24, 2.45) is 0 Å². The molecule has 1 saturated heterocycles. The molecular formula is C15H21BrFNO. The molecule has 1 unspecified atom stereocenters. The van der Waals surface area contributed by atoms with Gasteiger partial charge in [0.05, 0.1) is 6.10 Å². The minimum atomic E-state index is -0.722. The summed E-state index contributed by atoms with van der Waals surface area (Å²) in [6.07, 6.45) is 4.95. The quantitative estimate of drug-likeness (QED) is 0.905. The van der Waals surface area contributed by atoms with Gasteiger partial charge in [0.25, 0.3) is 0 Å². The molecule has 1 aromatic rings. The van der Waals surface area contributed by atoms with Crippen LogP contribution in [0, 0.1) is 5.82 Å². The molecule has 0 spiro atoms. The fraction of sp³-hybridized carbons (Fsp3) is 0.600. The van der Waals surface area contributed by atoms with E-state index in [9.17, 15) is 9.50 Å². The third-order valence-corrected chi connectivity index (χ3v) is 4.23. The lowest BCUT2D eigenvalue weighted by Gasteiger charge is -2.21. The molecule has 106 valence electrons. The highest BCUT2D eigenvalue weighted by atomic mass is 79.9. The van der Waals surface area contributed by atoms with Crippen molar-refractivity contribution in [3.05, 3.63) is 34.1 Å². The molecule has 0 radical (unpaired) electrons. The summed E-state index contributed by atoms with van der Waals surface area (Å²) in [5.41, 5.74) is 0.393. The molecule has 1 heterocycles. The first-order valence-electron chi connectivity index (χ1n) is 7.02. The average molecular weight is 330 g/mol. The highest BCUT2D eigenvalue weighted by Crippen LogP contribution is 2.24. The van der Waals surface area contributed by atoms with Crippen molar-refractivity contribution in [1.29, 1.82) is 0 Å². The Hall–Kier alpha value is -0.450. The smallest absolute Gasteiger partial charge is 0.129 e. The number of rotatable bonds is 4. The van der Waals surface area contributed by atoms with Crippen LogP contribution in [0.2, 0.25) is 0 Å². The highest BCUT2D eigenvalue weighted by Gasteiger charge is 2.16. The normalized spacial score (nSPS) is 19.1. The van der Waals surface area contributed by atoms with E-state index >= 15 is 0 Å². The second kappa shape index (κ2) is 7.36. The number of likely N-dealkylation sites (tertiary alicyclic amines) is 1. The van der Waals surface area contributed by atoms with Gasteiger partial charge >= 0.3 is 0 Å². The molecule has 0 saturated carbocycles. The Balaban J connectivity index is 1.89. The van der Waals surface area contributed by atoms with Gasteiger partial charge in [-0.3, -0.25) is 0 Å². The monoisotopic (exact) mass is 329 g/mol. The summed E-state index contributed by atoms with van der Waals surface area (Å²) in [6, 6.07) is 4.72. The molecule has 19 heavy (non-hydrogen) atoms. The summed E-state index contributed by atoms with van der Waals surface area (Å²) in [7, 11) is 0. The van der Waals surface area contributed by atoms with E-state index in [1.807, 2.05) is 0 Å². The van der Waals surface area contributed by atoms with Crippen molar-refractivity contribution in [3.63, 3.8) is 0 Å². The lowest BCUT2D eigenvalue weighted by molar-refractivity contribution is 0.139. The minimum absolute atomic E-state index is 0.327. The maximum Gasteiger partial charge on any atom is 0.129 e. The first-order chi connectivity index (χ1) is 9.16. The average Bonchev–Trinajstić information content (AvgIpc) is 2.67. The van der Waals surface area contributed by atoms with Gasteiger partial charge in [0.1, 0.15) is 5.82 Å². The Bertz CT molecular complexity index is 405. The van der Waals surface area contributed by atoms with Gasteiger partial charge in [-0.2, -0.15) is 0 Å². The molecule has 1 N–H and O–H groups in total. The molecular weight excluding hydrogens is 309 g/mol. The number of hydrogen-bond acceptors (Lipinski definition) is 2. The third kappa shape index (κ3) is 4.55. The molecule has 2 nitrogen and oxygen atoms in total. The van der Waals surface area contributed by atoms with Crippen LogP contribution in [0.4, 0.5) is 4.39 Å². The summed E-state index contributed by atoms with van der Waals surface area (Å²) in [5, 5.41) is 10.1. The van der Waals surface area contributed by atoms with Gasteiger partial charge in [-0.1, -0.05) is 28.8 Å². The molecule has 1 atom stereocenters. The lowest BCUT2D eigenvalue weighted by Crippen LogP contribution is -2.27. The largest absolute Gasteiger partial charge is 0.388 e. The summed E-state index contributed by atoms with van der Waals surface area (Å²) in [4.78, 5) is 2.38. The first kappa shape index (κ1) is 14.9. The maximum absolute atomic E-state index is 13.7.